The largest absolute Gasteiger partial charge is 0.502 e. The average Bonchev–Trinajstić information content (AvgIpc) is 2.45. The van der Waals surface area contributed by atoms with Gasteiger partial charge in [0.15, 0.2) is 5.05 Å². The molecule has 0 heterocycles. The minimum Gasteiger partial charge on any atom is -0.502 e. The van der Waals surface area contributed by atoms with Crippen LogP contribution in [0.2, 0.25) is 12.6 Å². The van der Waals surface area contributed by atoms with Crippen LogP contribution in [0.5, 0.6) is 0 Å². The first kappa shape index (κ1) is 24.3. The molecule has 5 heteroatoms. The van der Waals surface area contributed by atoms with Gasteiger partial charge < -0.3 is 14.0 Å². The van der Waals surface area contributed by atoms with E-state index in [1.807, 2.05) is 0 Å². The SMILES string of the molecule is CCCCCC(O)=S.CCCCCC[Si](C)(OCC)OCC. The lowest BCUT2D eigenvalue weighted by molar-refractivity contribution is 0.188. The quantitative estimate of drug-likeness (QED) is 0.245. The molecule has 0 saturated heterocycles. The van der Waals surface area contributed by atoms with Crippen LogP contribution in [0.15, 0.2) is 0 Å². The van der Waals surface area contributed by atoms with Gasteiger partial charge in [-0.3, -0.25) is 0 Å². The van der Waals surface area contributed by atoms with E-state index in [1.165, 1.54) is 38.5 Å². The van der Waals surface area contributed by atoms with Crippen molar-refractivity contribution in [3.8, 4) is 0 Å². The molecule has 0 fully saturated rings. The first-order valence-corrected chi connectivity index (χ1v) is 11.9. The van der Waals surface area contributed by atoms with Gasteiger partial charge in [-0.05, 0) is 45.1 Å². The summed E-state index contributed by atoms with van der Waals surface area (Å²) in [6.45, 7) is 12.2. The van der Waals surface area contributed by atoms with Gasteiger partial charge in [0.2, 0.25) is 0 Å². The maximum atomic E-state index is 8.51. The minimum atomic E-state index is -1.80. The Morgan fingerprint density at radius 2 is 1.36 bits per heavy atom. The highest BCUT2D eigenvalue weighted by molar-refractivity contribution is 7.80. The van der Waals surface area contributed by atoms with Gasteiger partial charge >= 0.3 is 8.56 Å². The van der Waals surface area contributed by atoms with Crippen molar-refractivity contribution >= 4 is 25.8 Å². The molecular weight excluding hydrogens is 312 g/mol. The second kappa shape index (κ2) is 17.4. The summed E-state index contributed by atoms with van der Waals surface area (Å²) in [5.74, 6) is 0. The predicted octanol–water partition coefficient (Wildman–Crippen LogP) is 6.16. The van der Waals surface area contributed by atoms with E-state index in [9.17, 15) is 0 Å². The monoisotopic (exact) mass is 350 g/mol. The number of aliphatic hydroxyl groups excluding tert-OH is 1. The third kappa shape index (κ3) is 18.1. The van der Waals surface area contributed by atoms with Crippen LogP contribution >= 0.6 is 12.2 Å². The lowest BCUT2D eigenvalue weighted by Gasteiger charge is -2.25. The van der Waals surface area contributed by atoms with E-state index in [0.29, 0.717) is 6.42 Å². The van der Waals surface area contributed by atoms with Crippen molar-refractivity contribution in [1.82, 2.24) is 0 Å². The Bertz CT molecular complexity index is 244. The number of aliphatic hydroxyl groups is 1. The van der Waals surface area contributed by atoms with Crippen LogP contribution in [0.3, 0.4) is 0 Å². The second-order valence-corrected chi connectivity index (χ2v) is 9.48. The first-order valence-electron chi connectivity index (χ1n) is 8.95. The van der Waals surface area contributed by atoms with E-state index in [4.69, 9.17) is 14.0 Å². The minimum absolute atomic E-state index is 0.151. The Hall–Kier alpha value is 0.0269. The number of thiocarbonyl (C=S) groups is 1. The fourth-order valence-corrected chi connectivity index (χ4v) is 4.83. The third-order valence-corrected chi connectivity index (χ3v) is 6.64. The zero-order valence-electron chi connectivity index (χ0n) is 15.5. The molecule has 22 heavy (non-hydrogen) atoms. The van der Waals surface area contributed by atoms with Gasteiger partial charge in [0.25, 0.3) is 0 Å². The molecule has 3 nitrogen and oxygen atoms in total. The molecule has 0 aliphatic heterocycles. The summed E-state index contributed by atoms with van der Waals surface area (Å²) in [6.07, 6.45) is 9.29. The third-order valence-electron chi connectivity index (χ3n) is 3.38. The van der Waals surface area contributed by atoms with Crippen LogP contribution < -0.4 is 0 Å². The molecule has 0 atom stereocenters. The van der Waals surface area contributed by atoms with Crippen molar-refractivity contribution in [2.24, 2.45) is 0 Å². The zero-order chi connectivity index (χ0) is 17.3. The molecule has 0 aliphatic carbocycles. The summed E-state index contributed by atoms with van der Waals surface area (Å²) < 4.78 is 11.5. The van der Waals surface area contributed by atoms with Gasteiger partial charge in [-0.25, -0.2) is 0 Å². The average molecular weight is 351 g/mol. The molecule has 0 saturated carbocycles. The predicted molar refractivity (Wildman–Crippen MR) is 103 cm³/mol. The summed E-state index contributed by atoms with van der Waals surface area (Å²) in [4.78, 5) is 0. The maximum Gasteiger partial charge on any atom is 0.334 e. The summed E-state index contributed by atoms with van der Waals surface area (Å²) in [5.41, 5.74) is 0. The van der Waals surface area contributed by atoms with E-state index in [2.05, 4.69) is 46.5 Å². The summed E-state index contributed by atoms with van der Waals surface area (Å²) in [6, 6.07) is 1.15. The van der Waals surface area contributed by atoms with Crippen LogP contribution in [-0.2, 0) is 8.85 Å². The summed E-state index contributed by atoms with van der Waals surface area (Å²) in [7, 11) is -1.80. The molecule has 134 valence electrons. The molecule has 0 rings (SSSR count). The summed E-state index contributed by atoms with van der Waals surface area (Å²) >= 11 is 4.46. The summed E-state index contributed by atoms with van der Waals surface area (Å²) in [5, 5.41) is 8.66. The smallest absolute Gasteiger partial charge is 0.334 e. The Labute approximate surface area is 145 Å². The highest BCUT2D eigenvalue weighted by Gasteiger charge is 2.29. The van der Waals surface area contributed by atoms with Crippen molar-refractivity contribution in [2.45, 2.75) is 91.7 Å². The molecule has 0 spiro atoms. The number of hydrogen-bond donors (Lipinski definition) is 1. The van der Waals surface area contributed by atoms with Crippen molar-refractivity contribution < 1.29 is 14.0 Å². The van der Waals surface area contributed by atoms with Crippen molar-refractivity contribution in [3.63, 3.8) is 0 Å². The standard InChI is InChI=1S/C11H26O2Si.C6H12OS/c1-5-8-9-10-11-14(4,12-6-2)13-7-3;1-2-3-4-5-6(7)8/h5-11H2,1-4H3;2-5H2,1H3,(H,7,8). The number of rotatable bonds is 13. The van der Waals surface area contributed by atoms with Crippen LogP contribution in [-0.4, -0.2) is 31.9 Å². The topological polar surface area (TPSA) is 38.7 Å². The lowest BCUT2D eigenvalue weighted by atomic mass is 10.2. The molecule has 0 aliphatic rings. The van der Waals surface area contributed by atoms with Crippen LogP contribution in [0, 0.1) is 0 Å². The Morgan fingerprint density at radius 1 is 0.864 bits per heavy atom. The second-order valence-electron chi connectivity index (χ2n) is 5.66. The highest BCUT2D eigenvalue weighted by atomic mass is 32.1. The molecule has 0 aromatic carbocycles. The fraction of sp³-hybridized carbons (Fsp3) is 0.941. The van der Waals surface area contributed by atoms with Crippen LogP contribution in [0.1, 0.15) is 79.1 Å². The highest BCUT2D eigenvalue weighted by Crippen LogP contribution is 2.18. The molecule has 0 bridgehead atoms. The maximum absolute atomic E-state index is 8.51. The van der Waals surface area contributed by atoms with Crippen molar-refractivity contribution in [1.29, 1.82) is 0 Å². The van der Waals surface area contributed by atoms with Gasteiger partial charge in [0.1, 0.15) is 0 Å². The lowest BCUT2D eigenvalue weighted by Crippen LogP contribution is -2.38. The molecule has 0 unspecified atom stereocenters. The van der Waals surface area contributed by atoms with E-state index >= 15 is 0 Å². The van der Waals surface area contributed by atoms with E-state index in [0.717, 1.165) is 25.7 Å². The van der Waals surface area contributed by atoms with Crippen LogP contribution in [0.4, 0.5) is 0 Å². The molecule has 0 aromatic rings. The zero-order valence-corrected chi connectivity index (χ0v) is 17.3. The number of unbranched alkanes of at least 4 members (excludes halogenated alkanes) is 5. The van der Waals surface area contributed by atoms with Gasteiger partial charge in [0, 0.05) is 19.6 Å². The molecular formula is C17H38O3SSi. The molecule has 0 aromatic heterocycles. The molecule has 1 N–H and O–H groups in total. The van der Waals surface area contributed by atoms with Crippen molar-refractivity contribution in [3.05, 3.63) is 0 Å². The molecule has 0 radical (unpaired) electrons. The fourth-order valence-electron chi connectivity index (χ4n) is 2.20. The van der Waals surface area contributed by atoms with Gasteiger partial charge in [0.05, 0.1) is 0 Å². The van der Waals surface area contributed by atoms with E-state index < -0.39 is 8.56 Å². The Kier molecular flexibility index (Phi) is 19.2. The Morgan fingerprint density at radius 3 is 1.77 bits per heavy atom. The van der Waals surface area contributed by atoms with Crippen LogP contribution in [0.25, 0.3) is 0 Å². The van der Waals surface area contributed by atoms with Gasteiger partial charge in [-0.15, -0.1) is 0 Å². The Balaban J connectivity index is 0. The number of hydrogen-bond acceptors (Lipinski definition) is 3. The van der Waals surface area contributed by atoms with Gasteiger partial charge in [-0.2, -0.15) is 0 Å². The van der Waals surface area contributed by atoms with E-state index in [-0.39, 0.29) is 5.05 Å². The first-order chi connectivity index (χ1) is 10.5. The van der Waals surface area contributed by atoms with Crippen molar-refractivity contribution in [2.75, 3.05) is 13.2 Å². The molecule has 0 amide bonds. The normalized spacial score (nSPS) is 11.0. The van der Waals surface area contributed by atoms with Gasteiger partial charge in [-0.1, -0.05) is 52.4 Å². The van der Waals surface area contributed by atoms with E-state index in [1.54, 1.807) is 0 Å².